The van der Waals surface area contributed by atoms with Crippen LogP contribution in [0.4, 0.5) is 4.79 Å². The summed E-state index contributed by atoms with van der Waals surface area (Å²) in [5.74, 6) is 0.869. The number of aliphatic hydroxyl groups is 1. The number of carbonyl (C=O) groups is 1. The number of aliphatic hydroxyl groups excluding tert-OH is 1. The van der Waals surface area contributed by atoms with Crippen molar-refractivity contribution in [2.75, 3.05) is 19.8 Å². The lowest BCUT2D eigenvalue weighted by Crippen LogP contribution is -2.34. The monoisotopic (exact) mass is 321 g/mol. The summed E-state index contributed by atoms with van der Waals surface area (Å²) in [6.07, 6.45) is 2.18. The van der Waals surface area contributed by atoms with Crippen molar-refractivity contribution in [1.82, 2.24) is 5.32 Å². The minimum absolute atomic E-state index is 0.0729. The Morgan fingerprint density at radius 1 is 1.35 bits per heavy atom. The number of amides is 1. The Hall–Kier alpha value is -1.75. The molecule has 0 spiro atoms. The molecule has 1 heterocycles. The summed E-state index contributed by atoms with van der Waals surface area (Å²) in [6.45, 7) is 6.68. The number of ether oxygens (including phenoxy) is 2. The van der Waals surface area contributed by atoms with E-state index in [0.29, 0.717) is 13.2 Å². The van der Waals surface area contributed by atoms with Crippen molar-refractivity contribution in [3.8, 4) is 5.75 Å². The first-order valence-corrected chi connectivity index (χ1v) is 8.16. The fourth-order valence-electron chi connectivity index (χ4n) is 2.83. The van der Waals surface area contributed by atoms with Gasteiger partial charge in [-0.3, -0.25) is 0 Å². The average molecular weight is 321 g/mol. The van der Waals surface area contributed by atoms with Crippen LogP contribution in [0.5, 0.6) is 5.75 Å². The van der Waals surface area contributed by atoms with E-state index in [1.807, 2.05) is 45.0 Å². The number of unbranched alkanes of at least 4 members (excludes halogenated alkanes) is 1. The molecule has 0 aliphatic carbocycles. The Balaban J connectivity index is 1.77. The second-order valence-corrected chi connectivity index (χ2v) is 7.11. The van der Waals surface area contributed by atoms with Crippen LogP contribution in [0.2, 0.25) is 0 Å². The van der Waals surface area contributed by atoms with Crippen molar-refractivity contribution in [1.29, 1.82) is 0 Å². The maximum absolute atomic E-state index is 11.6. The lowest BCUT2D eigenvalue weighted by Gasteiger charge is -2.25. The molecule has 1 aromatic carbocycles. The highest BCUT2D eigenvalue weighted by atomic mass is 16.6. The zero-order chi connectivity index (χ0) is 16.9. The summed E-state index contributed by atoms with van der Waals surface area (Å²) in [5, 5.41) is 12.6. The van der Waals surface area contributed by atoms with Gasteiger partial charge in [-0.1, -0.05) is 24.6 Å². The van der Waals surface area contributed by atoms with E-state index < -0.39 is 5.60 Å². The van der Waals surface area contributed by atoms with Crippen LogP contribution in [0.25, 0.3) is 0 Å². The molecule has 0 aromatic heterocycles. The molecular weight excluding hydrogens is 294 g/mol. The normalized spacial score (nSPS) is 19.8. The fraction of sp³-hybridized carbons (Fsp3) is 0.611. The zero-order valence-electron chi connectivity index (χ0n) is 14.2. The van der Waals surface area contributed by atoms with Gasteiger partial charge < -0.3 is 19.9 Å². The summed E-state index contributed by atoms with van der Waals surface area (Å²) >= 11 is 0. The van der Waals surface area contributed by atoms with E-state index in [1.54, 1.807) is 0 Å². The molecule has 5 nitrogen and oxygen atoms in total. The Labute approximate surface area is 138 Å². The molecule has 0 saturated carbocycles. The number of alkyl carbamates (subject to hydrolysis) is 1. The van der Waals surface area contributed by atoms with Gasteiger partial charge in [-0.25, -0.2) is 4.79 Å². The quantitative estimate of drug-likeness (QED) is 0.790. The number of benzene rings is 1. The molecule has 0 unspecified atom stereocenters. The number of hydrogen-bond acceptors (Lipinski definition) is 4. The minimum Gasteiger partial charge on any atom is -0.492 e. The summed E-state index contributed by atoms with van der Waals surface area (Å²) in [6, 6.07) is 7.88. The molecule has 5 heteroatoms. The van der Waals surface area contributed by atoms with Crippen LogP contribution in [0.3, 0.4) is 0 Å². The first-order valence-electron chi connectivity index (χ1n) is 8.16. The van der Waals surface area contributed by atoms with Crippen molar-refractivity contribution in [2.45, 2.75) is 51.0 Å². The smallest absolute Gasteiger partial charge is 0.407 e. The average Bonchev–Trinajstić information content (AvgIpc) is 2.85. The Morgan fingerprint density at radius 2 is 2.09 bits per heavy atom. The molecule has 1 aliphatic heterocycles. The standard InChI is InChI=1S/C18H27NO4/c1-17(2,3)23-16(21)19-11-7-6-10-18(12-20)13-22-15-9-5-4-8-14(15)18/h4-5,8-9,20H,6-7,10-13H2,1-3H3,(H,19,21)/t18-/m0/s1. The molecule has 1 aliphatic rings. The van der Waals surface area contributed by atoms with Crippen molar-refractivity contribution in [2.24, 2.45) is 0 Å². The third-order valence-electron chi connectivity index (χ3n) is 4.02. The summed E-state index contributed by atoms with van der Waals surface area (Å²) in [5.41, 5.74) is 0.293. The van der Waals surface area contributed by atoms with E-state index in [9.17, 15) is 9.90 Å². The van der Waals surface area contributed by atoms with Crippen LogP contribution in [-0.2, 0) is 10.2 Å². The van der Waals surface area contributed by atoms with E-state index in [2.05, 4.69) is 5.32 Å². The number of carbonyl (C=O) groups excluding carboxylic acids is 1. The highest BCUT2D eigenvalue weighted by molar-refractivity contribution is 5.67. The molecule has 23 heavy (non-hydrogen) atoms. The van der Waals surface area contributed by atoms with E-state index in [4.69, 9.17) is 9.47 Å². The van der Waals surface area contributed by atoms with Gasteiger partial charge in [0.05, 0.1) is 12.0 Å². The van der Waals surface area contributed by atoms with Crippen molar-refractivity contribution >= 4 is 6.09 Å². The molecule has 128 valence electrons. The predicted molar refractivity (Wildman–Crippen MR) is 88.8 cm³/mol. The van der Waals surface area contributed by atoms with Crippen molar-refractivity contribution < 1.29 is 19.4 Å². The Kier molecular flexibility index (Phi) is 5.52. The van der Waals surface area contributed by atoms with Crippen LogP contribution in [0.1, 0.15) is 45.6 Å². The highest BCUT2D eigenvalue weighted by Crippen LogP contribution is 2.41. The van der Waals surface area contributed by atoms with Crippen LogP contribution >= 0.6 is 0 Å². The van der Waals surface area contributed by atoms with Crippen molar-refractivity contribution in [3.63, 3.8) is 0 Å². The Morgan fingerprint density at radius 3 is 2.78 bits per heavy atom. The topological polar surface area (TPSA) is 67.8 Å². The lowest BCUT2D eigenvalue weighted by atomic mass is 9.79. The van der Waals surface area contributed by atoms with Crippen LogP contribution < -0.4 is 10.1 Å². The van der Waals surface area contributed by atoms with Gasteiger partial charge in [-0.05, 0) is 39.7 Å². The van der Waals surface area contributed by atoms with Gasteiger partial charge in [0.2, 0.25) is 0 Å². The number of hydrogen-bond donors (Lipinski definition) is 2. The second kappa shape index (κ2) is 7.21. The van der Waals surface area contributed by atoms with Crippen LogP contribution in [0, 0.1) is 0 Å². The summed E-state index contributed by atoms with van der Waals surface area (Å²) in [4.78, 5) is 11.6. The molecule has 0 fully saturated rings. The van der Waals surface area contributed by atoms with E-state index in [0.717, 1.165) is 30.6 Å². The SMILES string of the molecule is CC(C)(C)OC(=O)NCCCC[C@]1(CO)COc2ccccc21. The number of nitrogens with one attached hydrogen (secondary N) is 1. The number of para-hydroxylation sites is 1. The zero-order valence-corrected chi connectivity index (χ0v) is 14.2. The first-order chi connectivity index (χ1) is 10.9. The number of fused-ring (bicyclic) bond motifs is 1. The van der Waals surface area contributed by atoms with E-state index in [-0.39, 0.29) is 18.1 Å². The highest BCUT2D eigenvalue weighted by Gasteiger charge is 2.39. The molecule has 1 aromatic rings. The van der Waals surface area contributed by atoms with E-state index >= 15 is 0 Å². The van der Waals surface area contributed by atoms with Crippen LogP contribution in [0.15, 0.2) is 24.3 Å². The first kappa shape index (κ1) is 17.6. The fourth-order valence-corrected chi connectivity index (χ4v) is 2.83. The molecule has 1 atom stereocenters. The van der Waals surface area contributed by atoms with Gasteiger partial charge in [0.1, 0.15) is 18.0 Å². The van der Waals surface area contributed by atoms with Gasteiger partial charge in [0.15, 0.2) is 0 Å². The van der Waals surface area contributed by atoms with E-state index in [1.165, 1.54) is 0 Å². The van der Waals surface area contributed by atoms with Gasteiger partial charge in [0.25, 0.3) is 0 Å². The molecule has 0 bridgehead atoms. The summed E-state index contributed by atoms with van der Waals surface area (Å²) in [7, 11) is 0. The van der Waals surface area contributed by atoms with Crippen LogP contribution in [-0.4, -0.2) is 36.6 Å². The molecule has 2 N–H and O–H groups in total. The maximum atomic E-state index is 11.6. The third kappa shape index (κ3) is 4.61. The van der Waals surface area contributed by atoms with Gasteiger partial charge in [-0.15, -0.1) is 0 Å². The molecule has 0 radical (unpaired) electrons. The molecule has 0 saturated heterocycles. The van der Waals surface area contributed by atoms with Crippen molar-refractivity contribution in [3.05, 3.63) is 29.8 Å². The Bertz CT molecular complexity index is 538. The largest absolute Gasteiger partial charge is 0.492 e. The van der Waals surface area contributed by atoms with Gasteiger partial charge in [0, 0.05) is 12.1 Å². The summed E-state index contributed by atoms with van der Waals surface area (Å²) < 4.78 is 10.9. The maximum Gasteiger partial charge on any atom is 0.407 e. The predicted octanol–water partition coefficient (Wildman–Crippen LogP) is 3.00. The number of rotatable bonds is 6. The lowest BCUT2D eigenvalue weighted by molar-refractivity contribution is 0.0526. The molecule has 1 amide bonds. The minimum atomic E-state index is -0.476. The molecular formula is C18H27NO4. The molecule has 2 rings (SSSR count). The van der Waals surface area contributed by atoms with Gasteiger partial charge >= 0.3 is 6.09 Å². The van der Waals surface area contributed by atoms with Gasteiger partial charge in [-0.2, -0.15) is 0 Å². The second-order valence-electron chi connectivity index (χ2n) is 7.11. The third-order valence-corrected chi connectivity index (χ3v) is 4.02.